The highest BCUT2D eigenvalue weighted by Gasteiger charge is 2.33. The molecule has 0 aliphatic heterocycles. The van der Waals surface area contributed by atoms with Gasteiger partial charge >= 0.3 is 12.2 Å². The molecule has 2 aromatic carbocycles. The number of nitrogens with zero attached hydrogens (tertiary/aromatic N) is 2. The van der Waals surface area contributed by atoms with Gasteiger partial charge in [0, 0.05) is 23.6 Å². The third-order valence-corrected chi connectivity index (χ3v) is 3.82. The second kappa shape index (κ2) is 7.20. The Balaban J connectivity index is 1.72. The molecule has 3 rings (SSSR count). The average Bonchev–Trinajstić information content (AvgIpc) is 2.62. The number of amides is 3. The Kier molecular flexibility index (Phi) is 4.95. The highest BCUT2D eigenvalue weighted by Crippen LogP contribution is 2.36. The summed E-state index contributed by atoms with van der Waals surface area (Å²) in [6.45, 7) is 0. The van der Waals surface area contributed by atoms with Crippen LogP contribution < -0.4 is 10.6 Å². The van der Waals surface area contributed by atoms with Gasteiger partial charge in [-0.1, -0.05) is 11.6 Å². The maximum absolute atomic E-state index is 12.8. The van der Waals surface area contributed by atoms with Gasteiger partial charge < -0.3 is 5.32 Å². The number of fused-ring (bicyclic) bond motifs is 1. The molecular weight excluding hydrogens is 385 g/mol. The first-order valence-corrected chi connectivity index (χ1v) is 7.82. The van der Waals surface area contributed by atoms with Gasteiger partial charge in [-0.3, -0.25) is 20.1 Å². The number of alkyl halides is 3. The molecule has 1 aromatic heterocycles. The van der Waals surface area contributed by atoms with Crippen molar-refractivity contribution in [1.82, 2.24) is 15.3 Å². The zero-order valence-corrected chi connectivity index (χ0v) is 14.1. The molecule has 27 heavy (non-hydrogen) atoms. The fourth-order valence-electron chi connectivity index (χ4n) is 2.26. The standard InChI is InChI=1S/C17H10ClF3N4O2/c18-12-3-2-10(8-11(12)17(19,20)21)24-16(27)25-15(26)9-1-4-13-14(7-9)23-6-5-22-13/h1-8H,(H2,24,25,26,27). The van der Waals surface area contributed by atoms with Crippen LogP contribution in [0.4, 0.5) is 23.7 Å². The predicted octanol–water partition coefficient (Wildman–Crippen LogP) is 4.26. The number of urea groups is 1. The predicted molar refractivity (Wildman–Crippen MR) is 92.5 cm³/mol. The van der Waals surface area contributed by atoms with Crippen LogP contribution >= 0.6 is 11.6 Å². The minimum atomic E-state index is -4.67. The molecule has 0 aliphatic carbocycles. The van der Waals surface area contributed by atoms with E-state index in [0.717, 1.165) is 6.07 Å². The molecule has 0 atom stereocenters. The maximum Gasteiger partial charge on any atom is 0.417 e. The summed E-state index contributed by atoms with van der Waals surface area (Å²) < 4.78 is 38.5. The molecule has 0 bridgehead atoms. The van der Waals surface area contributed by atoms with Crippen LogP contribution in [0.2, 0.25) is 5.02 Å². The van der Waals surface area contributed by atoms with E-state index in [0.29, 0.717) is 17.1 Å². The monoisotopic (exact) mass is 394 g/mol. The number of nitrogens with one attached hydrogen (secondary N) is 2. The molecule has 1 heterocycles. The second-order valence-electron chi connectivity index (χ2n) is 5.36. The van der Waals surface area contributed by atoms with Crippen molar-refractivity contribution in [3.05, 3.63) is 64.9 Å². The quantitative estimate of drug-likeness (QED) is 0.680. The smallest absolute Gasteiger partial charge is 0.308 e. The van der Waals surface area contributed by atoms with Crippen LogP contribution in [-0.4, -0.2) is 21.9 Å². The van der Waals surface area contributed by atoms with Crippen molar-refractivity contribution in [3.63, 3.8) is 0 Å². The van der Waals surface area contributed by atoms with Gasteiger partial charge in [-0.05, 0) is 36.4 Å². The fraction of sp³-hybridized carbons (Fsp3) is 0.0588. The van der Waals surface area contributed by atoms with E-state index < -0.39 is 28.7 Å². The van der Waals surface area contributed by atoms with Crippen LogP contribution in [-0.2, 0) is 6.18 Å². The molecule has 10 heteroatoms. The molecule has 6 nitrogen and oxygen atoms in total. The van der Waals surface area contributed by atoms with Gasteiger partial charge in [-0.15, -0.1) is 0 Å². The number of benzene rings is 2. The largest absolute Gasteiger partial charge is 0.417 e. The summed E-state index contributed by atoms with van der Waals surface area (Å²) in [6, 6.07) is 6.33. The Hall–Kier alpha value is -3.20. The molecule has 0 radical (unpaired) electrons. The first-order chi connectivity index (χ1) is 12.7. The molecule has 0 saturated carbocycles. The number of anilines is 1. The zero-order chi connectivity index (χ0) is 19.6. The van der Waals surface area contributed by atoms with Crippen LogP contribution in [0.5, 0.6) is 0 Å². The summed E-state index contributed by atoms with van der Waals surface area (Å²) in [5.74, 6) is -0.745. The van der Waals surface area contributed by atoms with Crippen LogP contribution in [0.1, 0.15) is 15.9 Å². The van der Waals surface area contributed by atoms with Crippen molar-refractivity contribution in [2.24, 2.45) is 0 Å². The van der Waals surface area contributed by atoms with Crippen LogP contribution in [0.25, 0.3) is 11.0 Å². The fourth-order valence-corrected chi connectivity index (χ4v) is 2.49. The van der Waals surface area contributed by atoms with Gasteiger partial charge in [0.15, 0.2) is 0 Å². The minimum Gasteiger partial charge on any atom is -0.308 e. The number of aromatic nitrogens is 2. The van der Waals surface area contributed by atoms with Crippen molar-refractivity contribution in [3.8, 4) is 0 Å². The van der Waals surface area contributed by atoms with Crippen molar-refractivity contribution in [2.75, 3.05) is 5.32 Å². The molecule has 2 N–H and O–H groups in total. The SMILES string of the molecule is O=C(NC(=O)c1ccc2nccnc2c1)Nc1ccc(Cl)c(C(F)(F)F)c1. The summed E-state index contributed by atoms with van der Waals surface area (Å²) in [4.78, 5) is 32.2. The van der Waals surface area contributed by atoms with E-state index in [1.807, 2.05) is 5.32 Å². The van der Waals surface area contributed by atoms with Crippen LogP contribution in [0, 0.1) is 0 Å². The topological polar surface area (TPSA) is 84.0 Å². The number of carbonyl (C=O) groups is 2. The van der Waals surface area contributed by atoms with Crippen LogP contribution in [0.15, 0.2) is 48.8 Å². The lowest BCUT2D eigenvalue weighted by Crippen LogP contribution is -2.34. The summed E-state index contributed by atoms with van der Waals surface area (Å²) in [6.07, 6.45) is -1.72. The molecule has 0 aliphatic rings. The molecule has 0 unspecified atom stereocenters. The van der Waals surface area contributed by atoms with Crippen molar-refractivity contribution in [2.45, 2.75) is 6.18 Å². The Labute approximate surface area is 155 Å². The Morgan fingerprint density at radius 3 is 2.37 bits per heavy atom. The Bertz CT molecular complexity index is 1040. The highest BCUT2D eigenvalue weighted by molar-refractivity contribution is 6.31. The lowest BCUT2D eigenvalue weighted by Gasteiger charge is -2.12. The van der Waals surface area contributed by atoms with E-state index in [1.165, 1.54) is 30.6 Å². The average molecular weight is 395 g/mol. The molecule has 138 valence electrons. The summed E-state index contributed by atoms with van der Waals surface area (Å²) in [5.41, 5.74) is -0.0922. The van der Waals surface area contributed by atoms with E-state index in [4.69, 9.17) is 11.6 Å². The van der Waals surface area contributed by atoms with Gasteiger partial charge in [-0.2, -0.15) is 13.2 Å². The van der Waals surface area contributed by atoms with E-state index in [2.05, 4.69) is 15.3 Å². The maximum atomic E-state index is 12.8. The number of halogens is 4. The second-order valence-corrected chi connectivity index (χ2v) is 5.77. The normalized spacial score (nSPS) is 11.3. The van der Waals surface area contributed by atoms with E-state index in [1.54, 1.807) is 6.07 Å². The minimum absolute atomic E-state index is 0.144. The lowest BCUT2D eigenvalue weighted by molar-refractivity contribution is -0.137. The van der Waals surface area contributed by atoms with Crippen molar-refractivity contribution >= 4 is 40.3 Å². The first-order valence-electron chi connectivity index (χ1n) is 7.44. The number of rotatable bonds is 2. The highest BCUT2D eigenvalue weighted by atomic mass is 35.5. The van der Waals surface area contributed by atoms with Gasteiger partial charge in [0.25, 0.3) is 5.91 Å². The van der Waals surface area contributed by atoms with Gasteiger partial charge in [-0.25, -0.2) is 4.79 Å². The summed E-state index contributed by atoms with van der Waals surface area (Å²) in [5, 5.41) is 3.69. The Morgan fingerprint density at radius 1 is 0.963 bits per heavy atom. The van der Waals surface area contributed by atoms with Crippen molar-refractivity contribution in [1.29, 1.82) is 0 Å². The molecule has 0 fully saturated rings. The third-order valence-electron chi connectivity index (χ3n) is 3.49. The van der Waals surface area contributed by atoms with E-state index >= 15 is 0 Å². The van der Waals surface area contributed by atoms with Crippen LogP contribution in [0.3, 0.4) is 0 Å². The molecule has 0 spiro atoms. The van der Waals surface area contributed by atoms with Crippen molar-refractivity contribution < 1.29 is 22.8 Å². The zero-order valence-electron chi connectivity index (χ0n) is 13.3. The summed E-state index contributed by atoms with van der Waals surface area (Å²) in [7, 11) is 0. The number of carbonyl (C=O) groups excluding carboxylic acids is 2. The third kappa shape index (κ3) is 4.32. The number of hydrogen-bond acceptors (Lipinski definition) is 4. The molecule has 0 saturated heterocycles. The van der Waals surface area contributed by atoms with Gasteiger partial charge in [0.2, 0.25) is 0 Å². The number of imide groups is 1. The Morgan fingerprint density at radius 2 is 1.67 bits per heavy atom. The summed E-state index contributed by atoms with van der Waals surface area (Å²) >= 11 is 5.52. The molecule has 3 amide bonds. The first kappa shape index (κ1) is 18.6. The van der Waals surface area contributed by atoms with E-state index in [-0.39, 0.29) is 11.3 Å². The van der Waals surface area contributed by atoms with Gasteiger partial charge in [0.05, 0.1) is 21.6 Å². The molecule has 3 aromatic rings. The van der Waals surface area contributed by atoms with E-state index in [9.17, 15) is 22.8 Å². The van der Waals surface area contributed by atoms with Gasteiger partial charge in [0.1, 0.15) is 0 Å². The number of hydrogen-bond donors (Lipinski definition) is 2. The lowest BCUT2D eigenvalue weighted by atomic mass is 10.2. The molecular formula is C17H10ClF3N4O2.